The Morgan fingerprint density at radius 2 is 1.97 bits per heavy atom. The third kappa shape index (κ3) is 4.22. The van der Waals surface area contributed by atoms with Crippen LogP contribution in [-0.2, 0) is 11.3 Å². The summed E-state index contributed by atoms with van der Waals surface area (Å²) in [6.07, 6.45) is 5.92. The summed E-state index contributed by atoms with van der Waals surface area (Å²) in [5, 5.41) is 4.58. The summed E-state index contributed by atoms with van der Waals surface area (Å²) in [6, 6.07) is 11.6. The average Bonchev–Trinajstić information content (AvgIpc) is 3.44. The van der Waals surface area contributed by atoms with Gasteiger partial charge in [0.15, 0.2) is 11.6 Å². The number of aromatic amines is 1. The van der Waals surface area contributed by atoms with Gasteiger partial charge in [-0.2, -0.15) is 10.1 Å². The Kier molecular flexibility index (Phi) is 5.62. The van der Waals surface area contributed by atoms with E-state index in [1.54, 1.807) is 23.0 Å². The number of ether oxygens (including phenoxy) is 3. The first-order valence-corrected chi connectivity index (χ1v) is 10.5. The smallest absolute Gasteiger partial charge is 0.247 e. The van der Waals surface area contributed by atoms with E-state index in [4.69, 9.17) is 14.2 Å². The Balaban J connectivity index is 1.32. The van der Waals surface area contributed by atoms with E-state index in [2.05, 4.69) is 20.1 Å². The summed E-state index contributed by atoms with van der Waals surface area (Å²) in [5.74, 6) is 0.299. The molecule has 1 aromatic carbocycles. The number of halogens is 1. The van der Waals surface area contributed by atoms with Crippen molar-refractivity contribution in [2.24, 2.45) is 0 Å². The normalized spacial score (nSPS) is 12.3. The molecule has 0 unspecified atom stereocenters. The molecule has 0 spiro atoms. The Labute approximate surface area is 189 Å². The van der Waals surface area contributed by atoms with E-state index in [1.165, 1.54) is 12.5 Å². The number of hydrogen-bond acceptors (Lipinski definition) is 6. The van der Waals surface area contributed by atoms with Gasteiger partial charge in [0, 0.05) is 11.8 Å². The molecular weight excluding hydrogens is 425 g/mol. The lowest BCUT2D eigenvalue weighted by molar-refractivity contribution is 0.0213. The van der Waals surface area contributed by atoms with Crippen molar-refractivity contribution in [2.45, 2.75) is 26.6 Å². The summed E-state index contributed by atoms with van der Waals surface area (Å²) in [4.78, 5) is 11.3. The molecule has 0 fully saturated rings. The van der Waals surface area contributed by atoms with Crippen molar-refractivity contribution in [3.05, 3.63) is 78.3 Å². The predicted molar refractivity (Wildman–Crippen MR) is 120 cm³/mol. The van der Waals surface area contributed by atoms with Gasteiger partial charge in [-0.1, -0.05) is 30.3 Å². The lowest BCUT2D eigenvalue weighted by Gasteiger charge is -2.14. The quantitative estimate of drug-likeness (QED) is 0.367. The van der Waals surface area contributed by atoms with Crippen molar-refractivity contribution in [1.29, 1.82) is 0 Å². The molecule has 0 saturated carbocycles. The second-order valence-electron chi connectivity index (χ2n) is 7.67. The van der Waals surface area contributed by atoms with Crippen LogP contribution >= 0.6 is 0 Å². The van der Waals surface area contributed by atoms with Gasteiger partial charge in [-0.3, -0.25) is 0 Å². The van der Waals surface area contributed by atoms with Gasteiger partial charge in [0.05, 0.1) is 30.5 Å². The number of aryl methyl sites for hydroxylation is 1. The number of fused-ring (bicyclic) bond motifs is 2. The molecule has 8 nitrogen and oxygen atoms in total. The molecular formula is C24H22FN5O3. The van der Waals surface area contributed by atoms with Crippen molar-refractivity contribution in [3.63, 3.8) is 0 Å². The molecule has 4 heterocycles. The van der Waals surface area contributed by atoms with Gasteiger partial charge in [0.2, 0.25) is 5.88 Å². The number of H-pyrrole nitrogens is 1. The minimum atomic E-state index is -0.511. The van der Waals surface area contributed by atoms with Crippen LogP contribution in [0.1, 0.15) is 18.1 Å². The topological polar surface area (TPSA) is 86.6 Å². The Morgan fingerprint density at radius 3 is 2.82 bits per heavy atom. The van der Waals surface area contributed by atoms with Crippen LogP contribution in [0, 0.1) is 12.7 Å². The molecule has 1 N–H and O–H groups in total. The van der Waals surface area contributed by atoms with E-state index in [0.29, 0.717) is 35.5 Å². The number of rotatable bonds is 8. The van der Waals surface area contributed by atoms with E-state index in [0.717, 1.165) is 11.1 Å². The molecule has 5 aromatic rings. The minimum Gasteiger partial charge on any atom is -0.489 e. The zero-order valence-electron chi connectivity index (χ0n) is 18.2. The van der Waals surface area contributed by atoms with E-state index in [9.17, 15) is 4.39 Å². The fourth-order valence-corrected chi connectivity index (χ4v) is 3.53. The molecule has 1 atom stereocenters. The number of nitrogens with zero attached hydrogens (tertiary/aromatic N) is 4. The Hall–Kier alpha value is -3.98. The monoisotopic (exact) mass is 447 g/mol. The number of benzene rings is 1. The highest BCUT2D eigenvalue weighted by Crippen LogP contribution is 2.33. The van der Waals surface area contributed by atoms with E-state index in [-0.39, 0.29) is 17.7 Å². The summed E-state index contributed by atoms with van der Waals surface area (Å²) < 4.78 is 34.1. The second kappa shape index (κ2) is 8.87. The van der Waals surface area contributed by atoms with Gasteiger partial charge in [-0.15, -0.1) is 0 Å². The molecule has 168 valence electrons. The van der Waals surface area contributed by atoms with Gasteiger partial charge in [0.25, 0.3) is 0 Å². The van der Waals surface area contributed by atoms with Crippen LogP contribution in [0.3, 0.4) is 0 Å². The molecule has 0 aliphatic heterocycles. The van der Waals surface area contributed by atoms with Crippen LogP contribution in [0.4, 0.5) is 4.39 Å². The molecule has 0 aliphatic rings. The largest absolute Gasteiger partial charge is 0.489 e. The molecule has 0 aliphatic carbocycles. The lowest BCUT2D eigenvalue weighted by atomic mass is 10.2. The van der Waals surface area contributed by atoms with E-state index in [1.807, 2.05) is 44.2 Å². The fraction of sp³-hybridized carbons (Fsp3) is 0.208. The molecule has 33 heavy (non-hydrogen) atoms. The molecule has 0 bridgehead atoms. The van der Waals surface area contributed by atoms with Gasteiger partial charge >= 0.3 is 0 Å². The minimum absolute atomic E-state index is 0.0197. The maximum atomic E-state index is 14.8. The van der Waals surface area contributed by atoms with Crippen molar-refractivity contribution in [2.75, 3.05) is 6.61 Å². The third-order valence-corrected chi connectivity index (χ3v) is 5.29. The predicted octanol–water partition coefficient (Wildman–Crippen LogP) is 4.83. The van der Waals surface area contributed by atoms with Crippen LogP contribution in [0.15, 0.2) is 61.3 Å². The van der Waals surface area contributed by atoms with Crippen molar-refractivity contribution >= 4 is 16.6 Å². The van der Waals surface area contributed by atoms with Crippen LogP contribution in [0.25, 0.3) is 16.6 Å². The second-order valence-corrected chi connectivity index (χ2v) is 7.67. The maximum Gasteiger partial charge on any atom is 0.247 e. The molecule has 0 amide bonds. The highest BCUT2D eigenvalue weighted by atomic mass is 19.1. The van der Waals surface area contributed by atoms with Crippen molar-refractivity contribution in [1.82, 2.24) is 24.6 Å². The first-order valence-electron chi connectivity index (χ1n) is 10.5. The van der Waals surface area contributed by atoms with E-state index < -0.39 is 5.82 Å². The van der Waals surface area contributed by atoms with Gasteiger partial charge < -0.3 is 19.2 Å². The zero-order chi connectivity index (χ0) is 22.8. The molecule has 9 heteroatoms. The van der Waals surface area contributed by atoms with Gasteiger partial charge in [0.1, 0.15) is 29.8 Å². The van der Waals surface area contributed by atoms with Crippen LogP contribution in [0.5, 0.6) is 17.4 Å². The third-order valence-electron chi connectivity index (χ3n) is 5.29. The Morgan fingerprint density at radius 1 is 1.12 bits per heavy atom. The fourth-order valence-electron chi connectivity index (χ4n) is 3.53. The van der Waals surface area contributed by atoms with Gasteiger partial charge in [-0.25, -0.2) is 13.9 Å². The SMILES string of the molecule is Cc1c(OC[C@@H](C)OCc2ccccc2)cn2ncnc(Oc3cnc4[nH]ccc4c3F)c12. The maximum absolute atomic E-state index is 14.8. The van der Waals surface area contributed by atoms with E-state index >= 15 is 0 Å². The first kappa shape index (κ1) is 20.9. The van der Waals surface area contributed by atoms with Crippen molar-refractivity contribution in [3.8, 4) is 17.4 Å². The molecule has 5 rings (SSSR count). The molecule has 4 aromatic heterocycles. The molecule has 0 radical (unpaired) electrons. The number of pyridine rings is 1. The summed E-state index contributed by atoms with van der Waals surface area (Å²) in [5.41, 5.74) is 2.91. The number of hydrogen-bond donors (Lipinski definition) is 1. The van der Waals surface area contributed by atoms with Crippen molar-refractivity contribution < 1.29 is 18.6 Å². The summed E-state index contributed by atoms with van der Waals surface area (Å²) in [7, 11) is 0. The molecule has 0 saturated heterocycles. The zero-order valence-corrected chi connectivity index (χ0v) is 18.2. The standard InChI is InChI=1S/C24H22FN5O3/c1-15(31-13-17-6-4-3-5-7-17)12-32-20-11-30-22(16(20)2)24(28-14-29-30)33-19-10-27-23-18(21(19)25)8-9-26-23/h3-11,14-15H,12-13H2,1-2H3,(H,26,27)/t15-/m1/s1. The van der Waals surface area contributed by atoms with Crippen LogP contribution in [0.2, 0.25) is 0 Å². The van der Waals surface area contributed by atoms with Crippen LogP contribution < -0.4 is 9.47 Å². The lowest BCUT2D eigenvalue weighted by Crippen LogP contribution is -2.18. The summed E-state index contributed by atoms with van der Waals surface area (Å²) >= 11 is 0. The highest BCUT2D eigenvalue weighted by Gasteiger charge is 2.19. The van der Waals surface area contributed by atoms with Gasteiger partial charge in [-0.05, 0) is 25.5 Å². The average molecular weight is 447 g/mol. The van der Waals surface area contributed by atoms with Crippen LogP contribution in [-0.4, -0.2) is 37.3 Å². The summed E-state index contributed by atoms with van der Waals surface area (Å²) in [6.45, 7) is 4.70. The number of nitrogens with one attached hydrogen (secondary N) is 1. The highest BCUT2D eigenvalue weighted by molar-refractivity contribution is 5.78. The number of aromatic nitrogens is 5. The first-order chi connectivity index (χ1) is 16.1. The Bertz CT molecular complexity index is 1400.